The van der Waals surface area contributed by atoms with Crippen LogP contribution < -0.4 is 10.1 Å². The molecule has 0 aliphatic carbocycles. The van der Waals surface area contributed by atoms with Gasteiger partial charge < -0.3 is 10.1 Å². The van der Waals surface area contributed by atoms with E-state index >= 15 is 0 Å². The quantitative estimate of drug-likeness (QED) is 0.782. The van der Waals surface area contributed by atoms with E-state index in [1.54, 1.807) is 18.7 Å². The lowest BCUT2D eigenvalue weighted by atomic mass is 10.1. The first kappa shape index (κ1) is 16.7. The maximum Gasteiger partial charge on any atom is 0.172 e. The lowest BCUT2D eigenvalue weighted by Gasteiger charge is -2.13. The zero-order chi connectivity index (χ0) is 17.9. The lowest BCUT2D eigenvalue weighted by molar-refractivity contribution is 0.242. The average molecular weight is 350 g/mol. The summed E-state index contributed by atoms with van der Waals surface area (Å²) in [7, 11) is 0. The van der Waals surface area contributed by atoms with Crippen LogP contribution >= 0.6 is 0 Å². The standard InChI is InChI=1S/C19H22N6O/c1-13(2)26-15-5-6-16-17(8-15)25(12-22-16)19-11-21-10-18(24-19)23-14-4-3-7-20-9-14/h5-6,8,10-13,20H,3-4,7,9H2,1-2H3/b23-14-. The summed E-state index contributed by atoms with van der Waals surface area (Å²) in [6.07, 6.45) is 7.40. The third-order valence-corrected chi connectivity index (χ3v) is 4.17. The van der Waals surface area contributed by atoms with Crippen LogP contribution in [-0.4, -0.2) is 44.4 Å². The summed E-state index contributed by atoms with van der Waals surface area (Å²) in [4.78, 5) is 18.1. The van der Waals surface area contributed by atoms with Crippen LogP contribution in [0.4, 0.5) is 5.82 Å². The number of benzene rings is 1. The molecule has 0 saturated carbocycles. The molecule has 1 fully saturated rings. The van der Waals surface area contributed by atoms with Crippen LogP contribution in [-0.2, 0) is 0 Å². The third-order valence-electron chi connectivity index (χ3n) is 4.17. The minimum atomic E-state index is 0.117. The molecule has 26 heavy (non-hydrogen) atoms. The minimum Gasteiger partial charge on any atom is -0.491 e. The molecule has 0 amide bonds. The molecule has 134 valence electrons. The first-order valence-corrected chi connectivity index (χ1v) is 8.92. The summed E-state index contributed by atoms with van der Waals surface area (Å²) >= 11 is 0. The van der Waals surface area contributed by atoms with Gasteiger partial charge in [-0.25, -0.2) is 15.0 Å². The maximum absolute atomic E-state index is 5.80. The highest BCUT2D eigenvalue weighted by Gasteiger charge is 2.10. The predicted molar refractivity (Wildman–Crippen MR) is 102 cm³/mol. The molecule has 1 saturated heterocycles. The Labute approximate surface area is 152 Å². The van der Waals surface area contributed by atoms with Crippen LogP contribution in [0.3, 0.4) is 0 Å². The second-order valence-electron chi connectivity index (χ2n) is 6.63. The molecule has 3 heterocycles. The number of aliphatic imine (C=N–C) groups is 1. The van der Waals surface area contributed by atoms with Gasteiger partial charge >= 0.3 is 0 Å². The highest BCUT2D eigenvalue weighted by atomic mass is 16.5. The Morgan fingerprint density at radius 2 is 2.19 bits per heavy atom. The fourth-order valence-corrected chi connectivity index (χ4v) is 3.03. The largest absolute Gasteiger partial charge is 0.491 e. The molecule has 1 aliphatic rings. The zero-order valence-corrected chi connectivity index (χ0v) is 15.0. The van der Waals surface area contributed by atoms with Gasteiger partial charge in [-0.15, -0.1) is 0 Å². The number of fused-ring (bicyclic) bond motifs is 1. The Kier molecular flexibility index (Phi) is 4.62. The molecular formula is C19H22N6O. The molecule has 1 aromatic carbocycles. The number of nitrogens with zero attached hydrogens (tertiary/aromatic N) is 5. The number of piperidine rings is 1. The van der Waals surface area contributed by atoms with Crippen molar-refractivity contribution in [3.8, 4) is 11.6 Å². The van der Waals surface area contributed by atoms with Crippen LogP contribution in [0.25, 0.3) is 16.9 Å². The van der Waals surface area contributed by atoms with Gasteiger partial charge in [0, 0.05) is 18.3 Å². The van der Waals surface area contributed by atoms with Gasteiger partial charge in [-0.1, -0.05) is 0 Å². The molecule has 0 radical (unpaired) electrons. The van der Waals surface area contributed by atoms with Crippen LogP contribution in [0, 0.1) is 0 Å². The highest BCUT2D eigenvalue weighted by molar-refractivity contribution is 5.89. The van der Waals surface area contributed by atoms with Crippen LogP contribution in [0.2, 0.25) is 0 Å². The summed E-state index contributed by atoms with van der Waals surface area (Å²) < 4.78 is 7.72. The Morgan fingerprint density at radius 1 is 1.27 bits per heavy atom. The van der Waals surface area contributed by atoms with Gasteiger partial charge in [0.1, 0.15) is 12.1 Å². The van der Waals surface area contributed by atoms with E-state index in [-0.39, 0.29) is 6.10 Å². The Balaban J connectivity index is 1.69. The van der Waals surface area contributed by atoms with Crippen molar-refractivity contribution in [3.63, 3.8) is 0 Å². The van der Waals surface area contributed by atoms with Crippen molar-refractivity contribution >= 4 is 22.6 Å². The van der Waals surface area contributed by atoms with Gasteiger partial charge in [-0.05, 0) is 45.4 Å². The fourth-order valence-electron chi connectivity index (χ4n) is 3.03. The highest BCUT2D eigenvalue weighted by Crippen LogP contribution is 2.23. The summed E-state index contributed by atoms with van der Waals surface area (Å²) in [5.41, 5.74) is 2.93. The van der Waals surface area contributed by atoms with Crippen LogP contribution in [0.1, 0.15) is 26.7 Å². The Morgan fingerprint density at radius 3 is 3.00 bits per heavy atom. The fraction of sp³-hybridized carbons (Fsp3) is 0.368. The maximum atomic E-state index is 5.80. The van der Waals surface area contributed by atoms with Crippen molar-refractivity contribution in [2.45, 2.75) is 32.8 Å². The molecular weight excluding hydrogens is 328 g/mol. The molecule has 0 atom stereocenters. The van der Waals surface area contributed by atoms with E-state index in [2.05, 4.69) is 25.3 Å². The van der Waals surface area contributed by atoms with Crippen molar-refractivity contribution in [3.05, 3.63) is 36.9 Å². The molecule has 7 heteroatoms. The lowest BCUT2D eigenvalue weighted by Crippen LogP contribution is -2.29. The van der Waals surface area contributed by atoms with Crippen molar-refractivity contribution in [2.75, 3.05) is 13.1 Å². The van der Waals surface area contributed by atoms with Gasteiger partial charge in [0.15, 0.2) is 11.6 Å². The molecule has 4 rings (SSSR count). The van der Waals surface area contributed by atoms with Crippen molar-refractivity contribution in [1.82, 2.24) is 24.8 Å². The smallest absolute Gasteiger partial charge is 0.172 e. The van der Waals surface area contributed by atoms with Gasteiger partial charge in [0.25, 0.3) is 0 Å². The molecule has 1 N–H and O–H groups in total. The van der Waals surface area contributed by atoms with Gasteiger partial charge in [-0.3, -0.25) is 9.55 Å². The van der Waals surface area contributed by atoms with Gasteiger partial charge in [-0.2, -0.15) is 0 Å². The summed E-state index contributed by atoms with van der Waals surface area (Å²) in [6, 6.07) is 5.87. The Bertz CT molecular complexity index is 938. The van der Waals surface area contributed by atoms with Gasteiger partial charge in [0.05, 0.1) is 29.5 Å². The van der Waals surface area contributed by atoms with Crippen molar-refractivity contribution in [2.24, 2.45) is 4.99 Å². The number of hydrogen-bond acceptors (Lipinski definition) is 6. The van der Waals surface area contributed by atoms with E-state index in [9.17, 15) is 0 Å². The molecule has 7 nitrogen and oxygen atoms in total. The summed E-state index contributed by atoms with van der Waals surface area (Å²) in [5.74, 6) is 2.13. The summed E-state index contributed by atoms with van der Waals surface area (Å²) in [6.45, 7) is 5.88. The Hall–Kier alpha value is -2.80. The molecule has 0 bridgehead atoms. The molecule has 0 unspecified atom stereocenters. The van der Waals surface area contributed by atoms with Gasteiger partial charge in [0.2, 0.25) is 0 Å². The first-order valence-electron chi connectivity index (χ1n) is 8.92. The second kappa shape index (κ2) is 7.21. The number of imidazole rings is 1. The molecule has 0 spiro atoms. The normalized spacial score (nSPS) is 16.5. The second-order valence-corrected chi connectivity index (χ2v) is 6.63. The minimum absolute atomic E-state index is 0.117. The molecule has 1 aliphatic heterocycles. The van der Waals surface area contributed by atoms with Crippen molar-refractivity contribution in [1.29, 1.82) is 0 Å². The molecule has 2 aromatic heterocycles. The zero-order valence-electron chi connectivity index (χ0n) is 15.0. The number of hydrogen-bond donors (Lipinski definition) is 1. The van der Waals surface area contributed by atoms with Crippen LogP contribution in [0.15, 0.2) is 41.9 Å². The van der Waals surface area contributed by atoms with E-state index in [0.29, 0.717) is 11.6 Å². The van der Waals surface area contributed by atoms with E-state index in [4.69, 9.17) is 4.74 Å². The van der Waals surface area contributed by atoms with E-state index in [1.807, 2.05) is 36.6 Å². The van der Waals surface area contributed by atoms with E-state index in [1.165, 1.54) is 0 Å². The predicted octanol–water partition coefficient (Wildman–Crippen LogP) is 3.06. The third kappa shape index (κ3) is 3.57. The first-order chi connectivity index (χ1) is 12.7. The van der Waals surface area contributed by atoms with E-state index < -0.39 is 0 Å². The SMILES string of the molecule is CC(C)Oc1ccc2ncn(-c3cncc(/N=C4/CCCNC4)n3)c2c1. The number of ether oxygens (including phenoxy) is 1. The summed E-state index contributed by atoms with van der Waals surface area (Å²) in [5, 5.41) is 3.34. The van der Waals surface area contributed by atoms with E-state index in [0.717, 1.165) is 48.4 Å². The number of nitrogens with one attached hydrogen (secondary N) is 1. The molecule has 3 aromatic rings. The van der Waals surface area contributed by atoms with Crippen LogP contribution in [0.5, 0.6) is 5.75 Å². The topological polar surface area (TPSA) is 77.2 Å². The van der Waals surface area contributed by atoms with Crippen molar-refractivity contribution < 1.29 is 4.74 Å². The number of aromatic nitrogens is 4. The number of rotatable bonds is 4. The average Bonchev–Trinajstić information content (AvgIpc) is 3.05. The monoisotopic (exact) mass is 350 g/mol.